The number of carbonyl (C=O) groups is 1. The first-order chi connectivity index (χ1) is 10.3. The second kappa shape index (κ2) is 5.79. The number of benzene rings is 1. The van der Waals surface area contributed by atoms with Gasteiger partial charge in [-0.2, -0.15) is 0 Å². The van der Waals surface area contributed by atoms with Crippen LogP contribution in [0.1, 0.15) is 16.8 Å². The van der Waals surface area contributed by atoms with Crippen LogP contribution in [0.2, 0.25) is 0 Å². The number of carbonyl (C=O) groups excluding carboxylic acids is 1. The summed E-state index contributed by atoms with van der Waals surface area (Å²) in [5.41, 5.74) is -0.649. The Balaban J connectivity index is 2.72. The summed E-state index contributed by atoms with van der Waals surface area (Å²) in [6.45, 7) is 0.167. The van der Waals surface area contributed by atoms with Crippen LogP contribution in [-0.2, 0) is 14.8 Å². The average Bonchev–Trinajstić information content (AvgIpc) is 2.84. The first-order valence-electron chi connectivity index (χ1n) is 6.27. The molecular weight excluding hydrogens is 316 g/mol. The number of hydrogen-bond donors (Lipinski definition) is 0. The van der Waals surface area contributed by atoms with Crippen LogP contribution < -0.4 is 9.04 Å². The van der Waals surface area contributed by atoms with Gasteiger partial charge in [-0.1, -0.05) is 0 Å². The highest BCUT2D eigenvalue weighted by atomic mass is 32.2. The van der Waals surface area contributed by atoms with E-state index in [-0.39, 0.29) is 29.3 Å². The Morgan fingerprint density at radius 2 is 2.05 bits per heavy atom. The maximum Gasteiger partial charge on any atom is 0.338 e. The zero-order valence-corrected chi connectivity index (χ0v) is 12.8. The van der Waals surface area contributed by atoms with Crippen LogP contribution in [0.5, 0.6) is 5.75 Å². The lowest BCUT2D eigenvalue weighted by Crippen LogP contribution is -2.26. The van der Waals surface area contributed by atoms with E-state index in [1.54, 1.807) is 0 Å². The Bertz CT molecular complexity index is 729. The Morgan fingerprint density at radius 1 is 1.36 bits per heavy atom. The summed E-state index contributed by atoms with van der Waals surface area (Å²) in [7, 11) is -1.26. The van der Waals surface area contributed by atoms with E-state index in [0.29, 0.717) is 6.42 Å². The van der Waals surface area contributed by atoms with E-state index in [2.05, 4.69) is 4.74 Å². The zero-order valence-electron chi connectivity index (χ0n) is 11.9. The van der Waals surface area contributed by atoms with E-state index in [1.807, 2.05) is 0 Å². The summed E-state index contributed by atoms with van der Waals surface area (Å²) in [5, 5.41) is 11.2. The van der Waals surface area contributed by atoms with Gasteiger partial charge in [-0.25, -0.2) is 13.2 Å². The number of nitro groups is 1. The number of esters is 1. The standard InChI is InChI=1S/C12H14N2O7S/c1-20-11-9(13-4-3-5-22(13,18)19)6-8(12(15)21-2)7-10(11)14(16)17/h6-7H,3-5H2,1-2H3. The Labute approximate surface area is 126 Å². The van der Waals surface area contributed by atoms with Crippen LogP contribution in [0.4, 0.5) is 11.4 Å². The molecule has 120 valence electrons. The molecule has 0 radical (unpaired) electrons. The van der Waals surface area contributed by atoms with Gasteiger partial charge in [0.15, 0.2) is 0 Å². The van der Waals surface area contributed by atoms with Crippen molar-refractivity contribution in [1.29, 1.82) is 0 Å². The van der Waals surface area contributed by atoms with Crippen molar-refractivity contribution >= 4 is 27.4 Å². The summed E-state index contributed by atoms with van der Waals surface area (Å²) in [5.74, 6) is -1.07. The number of nitrogens with zero attached hydrogens (tertiary/aromatic N) is 2. The maximum absolute atomic E-state index is 12.0. The SMILES string of the molecule is COC(=O)c1cc(N2CCCS2(=O)=O)c(OC)c([N+](=O)[O-])c1. The molecule has 1 saturated heterocycles. The van der Waals surface area contributed by atoms with Gasteiger partial charge in [-0.15, -0.1) is 0 Å². The number of anilines is 1. The highest BCUT2D eigenvalue weighted by Crippen LogP contribution is 2.41. The highest BCUT2D eigenvalue weighted by molar-refractivity contribution is 7.93. The van der Waals surface area contributed by atoms with Crippen molar-refractivity contribution in [2.75, 3.05) is 30.8 Å². The third-order valence-corrected chi connectivity index (χ3v) is 5.10. The van der Waals surface area contributed by atoms with E-state index in [0.717, 1.165) is 17.5 Å². The molecule has 1 fully saturated rings. The lowest BCUT2D eigenvalue weighted by atomic mass is 10.1. The van der Waals surface area contributed by atoms with Gasteiger partial charge in [-0.05, 0) is 12.5 Å². The number of hydrogen-bond acceptors (Lipinski definition) is 7. The zero-order chi connectivity index (χ0) is 16.5. The largest absolute Gasteiger partial charge is 0.489 e. The van der Waals surface area contributed by atoms with Gasteiger partial charge in [0.2, 0.25) is 15.8 Å². The molecule has 0 spiro atoms. The Kier molecular flexibility index (Phi) is 4.22. The fourth-order valence-electron chi connectivity index (χ4n) is 2.27. The van der Waals surface area contributed by atoms with Gasteiger partial charge in [0.05, 0.1) is 30.5 Å². The topological polar surface area (TPSA) is 116 Å². The third-order valence-electron chi connectivity index (χ3n) is 3.24. The number of ether oxygens (including phenoxy) is 2. The summed E-state index contributed by atoms with van der Waals surface area (Å²) in [6.07, 6.45) is 0.391. The monoisotopic (exact) mass is 330 g/mol. The highest BCUT2D eigenvalue weighted by Gasteiger charge is 2.34. The molecule has 9 nitrogen and oxygen atoms in total. The van der Waals surface area contributed by atoms with Gasteiger partial charge in [0.1, 0.15) is 5.69 Å². The van der Waals surface area contributed by atoms with Crippen LogP contribution in [0, 0.1) is 10.1 Å². The molecule has 0 aliphatic carbocycles. The quantitative estimate of drug-likeness (QED) is 0.458. The predicted octanol–water partition coefficient (Wildman–Crippen LogP) is 0.930. The minimum Gasteiger partial charge on any atom is -0.489 e. The molecule has 1 aliphatic rings. The first-order valence-corrected chi connectivity index (χ1v) is 7.88. The average molecular weight is 330 g/mol. The molecule has 0 unspecified atom stereocenters. The van der Waals surface area contributed by atoms with Crippen LogP contribution >= 0.6 is 0 Å². The molecule has 10 heteroatoms. The molecule has 1 aliphatic heterocycles. The normalized spacial score (nSPS) is 16.4. The van der Waals surface area contributed by atoms with Gasteiger partial charge in [-0.3, -0.25) is 14.4 Å². The second-order valence-electron chi connectivity index (χ2n) is 4.54. The molecule has 0 bridgehead atoms. The first kappa shape index (κ1) is 16.0. The van der Waals surface area contributed by atoms with E-state index in [9.17, 15) is 23.3 Å². The molecule has 1 heterocycles. The number of rotatable bonds is 4. The van der Waals surface area contributed by atoms with Gasteiger partial charge in [0.25, 0.3) is 0 Å². The van der Waals surface area contributed by atoms with Crippen molar-refractivity contribution in [2.24, 2.45) is 0 Å². The molecule has 0 amide bonds. The lowest BCUT2D eigenvalue weighted by Gasteiger charge is -2.20. The Morgan fingerprint density at radius 3 is 2.50 bits per heavy atom. The van der Waals surface area contributed by atoms with E-state index in [1.165, 1.54) is 13.2 Å². The Hall–Kier alpha value is -2.36. The van der Waals surface area contributed by atoms with Crippen LogP contribution in [0.3, 0.4) is 0 Å². The molecule has 0 N–H and O–H groups in total. The van der Waals surface area contributed by atoms with E-state index < -0.39 is 26.6 Å². The molecule has 2 rings (SSSR count). The second-order valence-corrected chi connectivity index (χ2v) is 6.55. The minimum absolute atomic E-state index is 0.0328. The van der Waals surface area contributed by atoms with Crippen molar-refractivity contribution in [3.8, 4) is 5.75 Å². The molecular formula is C12H14N2O7S. The molecule has 0 saturated carbocycles. The van der Waals surface area contributed by atoms with Crippen LogP contribution in [0.15, 0.2) is 12.1 Å². The summed E-state index contributed by atoms with van der Waals surface area (Å²) in [4.78, 5) is 22.1. The summed E-state index contributed by atoms with van der Waals surface area (Å²) < 4.78 is 34.7. The number of nitro benzene ring substituents is 1. The van der Waals surface area contributed by atoms with Crippen molar-refractivity contribution in [3.05, 3.63) is 27.8 Å². The number of sulfonamides is 1. The molecule has 0 aromatic heterocycles. The predicted molar refractivity (Wildman–Crippen MR) is 76.7 cm³/mol. The fraction of sp³-hybridized carbons (Fsp3) is 0.417. The smallest absolute Gasteiger partial charge is 0.338 e. The van der Waals surface area contributed by atoms with Crippen LogP contribution in [-0.4, -0.2) is 45.8 Å². The van der Waals surface area contributed by atoms with E-state index >= 15 is 0 Å². The summed E-state index contributed by atoms with van der Waals surface area (Å²) >= 11 is 0. The van der Waals surface area contributed by atoms with Crippen molar-refractivity contribution < 1.29 is 27.6 Å². The van der Waals surface area contributed by atoms with Gasteiger partial charge in [0, 0.05) is 12.6 Å². The molecule has 22 heavy (non-hydrogen) atoms. The lowest BCUT2D eigenvalue weighted by molar-refractivity contribution is -0.385. The van der Waals surface area contributed by atoms with Crippen molar-refractivity contribution in [3.63, 3.8) is 0 Å². The third kappa shape index (κ3) is 2.69. The molecule has 1 aromatic rings. The van der Waals surface area contributed by atoms with Crippen LogP contribution in [0.25, 0.3) is 0 Å². The summed E-state index contributed by atoms with van der Waals surface area (Å²) in [6, 6.07) is 2.22. The van der Waals surface area contributed by atoms with E-state index in [4.69, 9.17) is 4.74 Å². The molecule has 1 aromatic carbocycles. The number of methoxy groups -OCH3 is 2. The van der Waals surface area contributed by atoms with Crippen molar-refractivity contribution in [2.45, 2.75) is 6.42 Å². The van der Waals surface area contributed by atoms with Gasteiger partial charge >= 0.3 is 11.7 Å². The van der Waals surface area contributed by atoms with Crippen molar-refractivity contribution in [1.82, 2.24) is 0 Å². The fourth-order valence-corrected chi connectivity index (χ4v) is 3.83. The molecule has 0 atom stereocenters. The maximum atomic E-state index is 12.0. The van der Waals surface area contributed by atoms with Gasteiger partial charge < -0.3 is 9.47 Å². The minimum atomic E-state index is -3.59.